The van der Waals surface area contributed by atoms with Crippen LogP contribution in [0, 0.1) is 0 Å². The summed E-state index contributed by atoms with van der Waals surface area (Å²) in [5, 5.41) is 9.88. The van der Waals surface area contributed by atoms with Gasteiger partial charge in [-0.1, -0.05) is 58.4 Å². The van der Waals surface area contributed by atoms with E-state index in [1.54, 1.807) is 24.3 Å². The number of hydrogen-bond acceptors (Lipinski definition) is 4. The van der Waals surface area contributed by atoms with Gasteiger partial charge >= 0.3 is 7.32 Å². The number of ether oxygens (including phenoxy) is 1. The van der Waals surface area contributed by atoms with Crippen LogP contribution in [0.4, 0.5) is 0 Å². The van der Waals surface area contributed by atoms with E-state index < -0.39 is 7.32 Å². The first-order chi connectivity index (χ1) is 12.7. The summed E-state index contributed by atoms with van der Waals surface area (Å²) in [6.07, 6.45) is 0. The van der Waals surface area contributed by atoms with Gasteiger partial charge in [0.25, 0.3) is 0 Å². The molecule has 0 atom stereocenters. The molecule has 3 rings (SSSR count). The quantitative estimate of drug-likeness (QED) is 0.549. The van der Waals surface area contributed by atoms with E-state index in [1.807, 2.05) is 54.6 Å². The molecule has 0 aliphatic heterocycles. The van der Waals surface area contributed by atoms with Crippen molar-refractivity contribution < 1.29 is 19.1 Å². The zero-order valence-electron chi connectivity index (χ0n) is 14.0. The van der Waals surface area contributed by atoms with E-state index in [9.17, 15) is 5.02 Å². The van der Waals surface area contributed by atoms with Crippen molar-refractivity contribution in [3.05, 3.63) is 94.5 Å². The van der Waals surface area contributed by atoms with Gasteiger partial charge < -0.3 is 19.1 Å². The highest BCUT2D eigenvalue weighted by molar-refractivity contribution is 9.10. The lowest BCUT2D eigenvalue weighted by atomic mass is 10.2. The van der Waals surface area contributed by atoms with Crippen LogP contribution in [0.25, 0.3) is 0 Å². The average molecular weight is 413 g/mol. The molecule has 132 valence electrons. The summed E-state index contributed by atoms with van der Waals surface area (Å²) < 4.78 is 17.3. The van der Waals surface area contributed by atoms with Crippen molar-refractivity contribution in [1.82, 2.24) is 0 Å². The summed E-state index contributed by atoms with van der Waals surface area (Å²) in [6.45, 7) is 1.08. The Labute approximate surface area is 161 Å². The molecule has 4 nitrogen and oxygen atoms in total. The number of hydrogen-bond donors (Lipinski definition) is 1. The molecule has 0 spiro atoms. The van der Waals surface area contributed by atoms with Crippen LogP contribution in [0.3, 0.4) is 0 Å². The second-order valence-corrected chi connectivity index (χ2v) is 6.53. The molecule has 0 aliphatic carbocycles. The van der Waals surface area contributed by atoms with Crippen LogP contribution in [0.5, 0.6) is 11.5 Å². The minimum Gasteiger partial charge on any atom is -0.501 e. The molecular weight excluding hydrogens is 395 g/mol. The lowest BCUT2D eigenvalue weighted by molar-refractivity contribution is 0.107. The fourth-order valence-electron chi connectivity index (χ4n) is 2.30. The number of rotatable bonds is 8. The Bertz CT molecular complexity index is 794. The van der Waals surface area contributed by atoms with Crippen molar-refractivity contribution in [2.75, 3.05) is 0 Å². The maximum atomic E-state index is 9.88. The molecule has 0 radical (unpaired) electrons. The van der Waals surface area contributed by atoms with Gasteiger partial charge in [0.15, 0.2) is 0 Å². The molecule has 1 N–H and O–H groups in total. The van der Waals surface area contributed by atoms with Crippen LogP contribution in [-0.2, 0) is 18.0 Å². The van der Waals surface area contributed by atoms with E-state index in [2.05, 4.69) is 15.9 Å². The van der Waals surface area contributed by atoms with E-state index in [4.69, 9.17) is 14.0 Å². The van der Waals surface area contributed by atoms with E-state index in [1.165, 1.54) is 0 Å². The van der Waals surface area contributed by atoms with Crippen LogP contribution >= 0.6 is 15.9 Å². The zero-order chi connectivity index (χ0) is 18.2. The van der Waals surface area contributed by atoms with Gasteiger partial charge in [0, 0.05) is 4.47 Å². The van der Waals surface area contributed by atoms with Gasteiger partial charge in [-0.3, -0.25) is 0 Å². The van der Waals surface area contributed by atoms with Gasteiger partial charge in [-0.15, -0.1) is 0 Å². The van der Waals surface area contributed by atoms with Gasteiger partial charge in [0.05, 0.1) is 13.2 Å². The second-order valence-electron chi connectivity index (χ2n) is 5.62. The lowest BCUT2D eigenvalue weighted by Crippen LogP contribution is -2.29. The molecular formula is C20H18BBrO4. The van der Waals surface area contributed by atoms with Crippen molar-refractivity contribution in [2.24, 2.45) is 0 Å². The summed E-state index contributed by atoms with van der Waals surface area (Å²) in [5.41, 5.74) is 2.16. The molecule has 0 aromatic heterocycles. The fourth-order valence-corrected chi connectivity index (χ4v) is 2.56. The van der Waals surface area contributed by atoms with E-state index in [-0.39, 0.29) is 0 Å². The lowest BCUT2D eigenvalue weighted by Gasteiger charge is -2.11. The molecule has 0 amide bonds. The first-order valence-electron chi connectivity index (χ1n) is 8.16. The molecule has 0 bridgehead atoms. The van der Waals surface area contributed by atoms with Crippen molar-refractivity contribution in [2.45, 2.75) is 13.2 Å². The van der Waals surface area contributed by atoms with Crippen LogP contribution in [0.1, 0.15) is 11.1 Å². The third kappa shape index (κ3) is 5.91. The maximum Gasteiger partial charge on any atom is 0.785 e. The summed E-state index contributed by atoms with van der Waals surface area (Å²) >= 11 is 3.34. The Morgan fingerprint density at radius 3 is 1.77 bits per heavy atom. The smallest absolute Gasteiger partial charge is 0.501 e. The average Bonchev–Trinajstić information content (AvgIpc) is 2.66. The molecule has 3 aromatic rings. The molecule has 0 aliphatic rings. The van der Waals surface area contributed by atoms with Crippen LogP contribution < -0.4 is 9.31 Å². The predicted molar refractivity (Wildman–Crippen MR) is 105 cm³/mol. The monoisotopic (exact) mass is 412 g/mol. The molecule has 0 saturated heterocycles. The molecule has 3 aromatic carbocycles. The zero-order valence-corrected chi connectivity index (χ0v) is 15.6. The van der Waals surface area contributed by atoms with Gasteiger partial charge in [0.1, 0.15) is 11.5 Å². The Morgan fingerprint density at radius 2 is 1.19 bits per heavy atom. The van der Waals surface area contributed by atoms with Gasteiger partial charge in [-0.05, 0) is 47.5 Å². The van der Waals surface area contributed by atoms with Crippen molar-refractivity contribution in [3.63, 3.8) is 0 Å². The maximum absolute atomic E-state index is 9.88. The van der Waals surface area contributed by atoms with Crippen LogP contribution in [0.15, 0.2) is 83.3 Å². The first-order valence-corrected chi connectivity index (χ1v) is 8.96. The Morgan fingerprint density at radius 1 is 0.692 bits per heavy atom. The number of benzene rings is 3. The number of halogens is 1. The fraction of sp³-hybridized carbons (Fsp3) is 0.100. The molecule has 26 heavy (non-hydrogen) atoms. The minimum absolute atomic E-state index is 0.507. The van der Waals surface area contributed by atoms with Crippen molar-refractivity contribution >= 4 is 23.3 Å². The van der Waals surface area contributed by atoms with Crippen LogP contribution in [0.2, 0.25) is 0 Å². The van der Waals surface area contributed by atoms with E-state index >= 15 is 0 Å². The highest BCUT2D eigenvalue weighted by Crippen LogP contribution is 2.18. The summed E-state index contributed by atoms with van der Waals surface area (Å²) in [4.78, 5) is 0. The Hall–Kier alpha value is -2.28. The standard InChI is InChI=1S/C20H18BBrO4/c22-18-8-12-20(13-9-18)26-21(23)25-19-10-6-17(7-11-19)15-24-14-16-4-2-1-3-5-16/h1-13,23H,14-15H2. The van der Waals surface area contributed by atoms with Crippen LogP contribution in [-0.4, -0.2) is 12.3 Å². The second kappa shape index (κ2) is 9.43. The molecule has 0 saturated carbocycles. The summed E-state index contributed by atoms with van der Waals surface area (Å²) in [7, 11) is -1.38. The molecule has 0 unspecified atom stereocenters. The normalized spacial score (nSPS) is 10.4. The molecule has 6 heteroatoms. The largest absolute Gasteiger partial charge is 0.785 e. The highest BCUT2D eigenvalue weighted by Gasteiger charge is 2.21. The molecule has 0 fully saturated rings. The van der Waals surface area contributed by atoms with Crippen molar-refractivity contribution in [3.8, 4) is 11.5 Å². The molecule has 0 heterocycles. The Balaban J connectivity index is 1.45. The highest BCUT2D eigenvalue weighted by atomic mass is 79.9. The van der Waals surface area contributed by atoms with Gasteiger partial charge in [-0.2, -0.15) is 0 Å². The third-order valence-corrected chi connectivity index (χ3v) is 4.12. The minimum atomic E-state index is -1.38. The predicted octanol–water partition coefficient (Wildman–Crippen LogP) is 4.60. The van der Waals surface area contributed by atoms with E-state index in [0.717, 1.165) is 15.6 Å². The Kier molecular flexibility index (Phi) is 6.71. The van der Waals surface area contributed by atoms with Gasteiger partial charge in [-0.25, -0.2) is 0 Å². The third-order valence-electron chi connectivity index (χ3n) is 3.59. The topological polar surface area (TPSA) is 47.9 Å². The first kappa shape index (κ1) is 18.5. The summed E-state index contributed by atoms with van der Waals surface area (Å²) in [5.74, 6) is 1.04. The SMILES string of the molecule is OB(Oc1ccc(Br)cc1)Oc1ccc(COCc2ccccc2)cc1. The van der Waals surface area contributed by atoms with Crippen molar-refractivity contribution in [1.29, 1.82) is 0 Å². The van der Waals surface area contributed by atoms with Gasteiger partial charge in [0.2, 0.25) is 0 Å². The van der Waals surface area contributed by atoms with E-state index in [0.29, 0.717) is 24.7 Å². The summed E-state index contributed by atoms with van der Waals surface area (Å²) in [6, 6.07) is 24.5.